The maximum atomic E-state index is 11.2. The van der Waals surface area contributed by atoms with Crippen molar-refractivity contribution in [3.05, 3.63) is 78.9 Å². The third kappa shape index (κ3) is 7.26. The van der Waals surface area contributed by atoms with Crippen LogP contribution in [0.2, 0.25) is 0 Å². The lowest BCUT2D eigenvalue weighted by molar-refractivity contribution is 0.257. The van der Waals surface area contributed by atoms with Crippen molar-refractivity contribution in [2.75, 3.05) is 17.5 Å². The van der Waals surface area contributed by atoms with E-state index in [9.17, 15) is 4.79 Å². The number of nitrogens with zero attached hydrogens (tertiary/aromatic N) is 1. The monoisotopic (exact) mass is 436 g/mol. The number of rotatable bonds is 11. The predicted molar refractivity (Wildman–Crippen MR) is 129 cm³/mol. The van der Waals surface area contributed by atoms with Gasteiger partial charge in [-0.3, -0.25) is 0 Å². The first-order valence-electron chi connectivity index (χ1n) is 10.4. The van der Waals surface area contributed by atoms with Crippen molar-refractivity contribution in [2.24, 2.45) is 5.73 Å². The Hall–Kier alpha value is -3.12. The number of hydrogen-bond donors (Lipinski definition) is 2. The summed E-state index contributed by atoms with van der Waals surface area (Å²) in [5, 5.41) is 0. The van der Waals surface area contributed by atoms with Crippen LogP contribution in [-0.4, -0.2) is 19.2 Å². The Morgan fingerprint density at radius 1 is 0.742 bits per heavy atom. The lowest BCUT2D eigenvalue weighted by Crippen LogP contribution is -2.27. The molecule has 162 valence electrons. The summed E-state index contributed by atoms with van der Waals surface area (Å²) < 4.78 is 12.7. The highest BCUT2D eigenvalue weighted by atomic mass is 32.1. The summed E-state index contributed by atoms with van der Waals surface area (Å²) in [4.78, 5) is 11.2. The van der Waals surface area contributed by atoms with Gasteiger partial charge in [0, 0.05) is 6.07 Å². The molecule has 0 aromatic heterocycles. The molecule has 6 heteroatoms. The third-order valence-corrected chi connectivity index (χ3v) is 5.24. The van der Waals surface area contributed by atoms with E-state index in [0.29, 0.717) is 24.7 Å². The van der Waals surface area contributed by atoms with Gasteiger partial charge in [-0.15, -0.1) is 0 Å². The molecule has 0 fully saturated rings. The van der Waals surface area contributed by atoms with E-state index < -0.39 is 6.03 Å². The van der Waals surface area contributed by atoms with Crippen molar-refractivity contribution in [3.8, 4) is 22.6 Å². The standard InChI is InChI=1S/C25H28N2O3S/c26-25(28)27(31)22-11-8-12-24(19-22)30-18-7-2-1-6-17-29-23-15-13-21(14-16-23)20-9-4-3-5-10-20/h3-5,8-16,19,31H,1-2,6-7,17-18H2,(H2,26,28). The Balaban J connectivity index is 1.28. The molecule has 2 amide bonds. The highest BCUT2D eigenvalue weighted by molar-refractivity contribution is 7.82. The molecule has 2 N–H and O–H groups in total. The van der Waals surface area contributed by atoms with E-state index in [1.54, 1.807) is 18.2 Å². The van der Waals surface area contributed by atoms with Crippen LogP contribution in [0.25, 0.3) is 11.1 Å². The summed E-state index contributed by atoms with van der Waals surface area (Å²) in [5.41, 5.74) is 8.21. The Bertz CT molecular complexity index is 948. The summed E-state index contributed by atoms with van der Waals surface area (Å²) in [6.45, 7) is 1.33. The zero-order chi connectivity index (χ0) is 21.9. The summed E-state index contributed by atoms with van der Waals surface area (Å²) >= 11 is 4.06. The fourth-order valence-corrected chi connectivity index (χ4v) is 3.27. The van der Waals surface area contributed by atoms with Crippen LogP contribution in [-0.2, 0) is 0 Å². The lowest BCUT2D eigenvalue weighted by atomic mass is 10.1. The van der Waals surface area contributed by atoms with Gasteiger partial charge in [-0.1, -0.05) is 61.3 Å². The van der Waals surface area contributed by atoms with Crippen LogP contribution >= 0.6 is 12.8 Å². The van der Waals surface area contributed by atoms with Crippen molar-refractivity contribution >= 4 is 24.5 Å². The Kier molecular flexibility index (Phi) is 8.67. The second-order valence-corrected chi connectivity index (χ2v) is 7.55. The number of urea groups is 1. The van der Waals surface area contributed by atoms with Gasteiger partial charge >= 0.3 is 6.03 Å². The molecular weight excluding hydrogens is 408 g/mol. The number of unbranched alkanes of at least 4 members (excludes halogenated alkanes) is 3. The van der Waals surface area contributed by atoms with Gasteiger partial charge in [-0.25, -0.2) is 9.10 Å². The Morgan fingerprint density at radius 3 is 2.00 bits per heavy atom. The average Bonchev–Trinajstić information content (AvgIpc) is 2.81. The molecule has 0 spiro atoms. The number of amides is 2. The topological polar surface area (TPSA) is 64.8 Å². The van der Waals surface area contributed by atoms with Crippen molar-refractivity contribution in [1.82, 2.24) is 0 Å². The molecule has 5 nitrogen and oxygen atoms in total. The second-order valence-electron chi connectivity index (χ2n) is 7.15. The zero-order valence-electron chi connectivity index (χ0n) is 17.4. The number of carbonyl (C=O) groups excluding carboxylic acids is 1. The van der Waals surface area contributed by atoms with Crippen molar-refractivity contribution in [2.45, 2.75) is 25.7 Å². The number of ether oxygens (including phenoxy) is 2. The molecule has 0 aliphatic rings. The number of thiol groups is 1. The van der Waals surface area contributed by atoms with E-state index in [2.05, 4.69) is 37.1 Å². The normalized spacial score (nSPS) is 10.5. The van der Waals surface area contributed by atoms with Crippen LogP contribution in [0, 0.1) is 0 Å². The summed E-state index contributed by atoms with van der Waals surface area (Å²) in [7, 11) is 0. The van der Waals surface area contributed by atoms with Crippen molar-refractivity contribution < 1.29 is 14.3 Å². The van der Waals surface area contributed by atoms with Gasteiger partial charge in [0.05, 0.1) is 18.9 Å². The molecule has 3 rings (SSSR count). The average molecular weight is 437 g/mol. The molecule has 0 saturated carbocycles. The highest BCUT2D eigenvalue weighted by Gasteiger charge is 2.08. The second kappa shape index (κ2) is 11.9. The quantitative estimate of drug-likeness (QED) is 0.282. The number of hydrogen-bond acceptors (Lipinski definition) is 4. The minimum absolute atomic E-state index is 0.585. The molecule has 0 unspecified atom stereocenters. The summed E-state index contributed by atoms with van der Waals surface area (Å²) in [6.07, 6.45) is 4.10. The van der Waals surface area contributed by atoms with Crippen molar-refractivity contribution in [3.63, 3.8) is 0 Å². The smallest absolute Gasteiger partial charge is 0.329 e. The summed E-state index contributed by atoms with van der Waals surface area (Å²) in [5.74, 6) is 1.59. The van der Waals surface area contributed by atoms with E-state index in [-0.39, 0.29) is 0 Å². The van der Waals surface area contributed by atoms with Crippen LogP contribution in [0.4, 0.5) is 10.5 Å². The van der Waals surface area contributed by atoms with Gasteiger partial charge in [0.25, 0.3) is 0 Å². The Morgan fingerprint density at radius 2 is 1.35 bits per heavy atom. The van der Waals surface area contributed by atoms with Crippen LogP contribution < -0.4 is 19.5 Å². The molecule has 0 heterocycles. The maximum Gasteiger partial charge on any atom is 0.329 e. The van der Waals surface area contributed by atoms with Gasteiger partial charge in [-0.2, -0.15) is 0 Å². The van der Waals surface area contributed by atoms with Gasteiger partial charge in [0.1, 0.15) is 11.5 Å². The van der Waals surface area contributed by atoms with Crippen LogP contribution in [0.5, 0.6) is 11.5 Å². The molecule has 0 radical (unpaired) electrons. The molecule has 0 bridgehead atoms. The first-order valence-corrected chi connectivity index (χ1v) is 10.8. The number of primary amides is 1. The molecule has 3 aromatic rings. The number of benzene rings is 3. The van der Waals surface area contributed by atoms with Crippen LogP contribution in [0.15, 0.2) is 78.9 Å². The van der Waals surface area contributed by atoms with Gasteiger partial charge in [-0.05, 0) is 61.1 Å². The molecule has 0 saturated heterocycles. The van der Waals surface area contributed by atoms with Gasteiger partial charge < -0.3 is 15.2 Å². The highest BCUT2D eigenvalue weighted by Crippen LogP contribution is 2.23. The largest absolute Gasteiger partial charge is 0.494 e. The van der Waals surface area contributed by atoms with E-state index in [1.807, 2.05) is 36.4 Å². The zero-order valence-corrected chi connectivity index (χ0v) is 18.3. The maximum absolute atomic E-state index is 11.2. The van der Waals surface area contributed by atoms with Gasteiger partial charge in [0.15, 0.2) is 0 Å². The molecule has 0 atom stereocenters. The van der Waals surface area contributed by atoms with Crippen molar-refractivity contribution in [1.29, 1.82) is 0 Å². The van der Waals surface area contributed by atoms with Gasteiger partial charge in [0.2, 0.25) is 0 Å². The minimum Gasteiger partial charge on any atom is -0.494 e. The summed E-state index contributed by atoms with van der Waals surface area (Å²) in [6, 6.07) is 25.1. The fraction of sp³-hybridized carbons (Fsp3) is 0.240. The SMILES string of the molecule is NC(=O)N(S)c1cccc(OCCCCCCOc2ccc(-c3ccccc3)cc2)c1. The number of carbonyl (C=O) groups is 1. The molecule has 3 aromatic carbocycles. The Labute approximate surface area is 189 Å². The third-order valence-electron chi connectivity index (χ3n) is 4.81. The molecular formula is C25H28N2O3S. The predicted octanol–water partition coefficient (Wildman–Crippen LogP) is 6.10. The minimum atomic E-state index is -0.630. The van der Waals surface area contributed by atoms with Crippen LogP contribution in [0.3, 0.4) is 0 Å². The van der Waals surface area contributed by atoms with E-state index in [1.165, 1.54) is 11.1 Å². The van der Waals surface area contributed by atoms with Crippen LogP contribution in [0.1, 0.15) is 25.7 Å². The molecule has 0 aliphatic heterocycles. The van der Waals surface area contributed by atoms with E-state index >= 15 is 0 Å². The fourth-order valence-electron chi connectivity index (χ4n) is 3.14. The molecule has 31 heavy (non-hydrogen) atoms. The number of anilines is 1. The number of nitrogens with two attached hydrogens (primary N) is 1. The first-order chi connectivity index (χ1) is 15.1. The molecule has 0 aliphatic carbocycles. The lowest BCUT2D eigenvalue weighted by Gasteiger charge is -2.14. The first kappa shape index (κ1) is 22.6. The van der Waals surface area contributed by atoms with E-state index in [4.69, 9.17) is 15.2 Å². The van der Waals surface area contributed by atoms with E-state index in [0.717, 1.165) is 35.7 Å².